The van der Waals surface area contributed by atoms with Crippen LogP contribution in [-0.2, 0) is 9.09 Å². The first-order valence-corrected chi connectivity index (χ1v) is 8.37. The average molecular weight is 294 g/mol. The zero-order valence-corrected chi connectivity index (χ0v) is 12.6. The minimum absolute atomic E-state index is 0.295. The minimum Gasteiger partial charge on any atom is -0.311 e. The van der Waals surface area contributed by atoms with Gasteiger partial charge in [-0.25, -0.2) is 4.79 Å². The van der Waals surface area contributed by atoms with Crippen LogP contribution >= 0.6 is 7.52 Å². The Kier molecular flexibility index (Phi) is 4.63. The van der Waals surface area contributed by atoms with E-state index in [4.69, 9.17) is 4.52 Å². The van der Waals surface area contributed by atoms with Gasteiger partial charge < -0.3 is 9.84 Å². The minimum atomic E-state index is -3.26. The van der Waals surface area contributed by atoms with Gasteiger partial charge >= 0.3 is 13.6 Å². The summed E-state index contributed by atoms with van der Waals surface area (Å²) in [6.07, 6.45) is 0.721. The summed E-state index contributed by atoms with van der Waals surface area (Å²) in [6.45, 7) is 4.40. The number of carbonyl (C=O) groups excluding carboxylic acids is 1. The van der Waals surface area contributed by atoms with E-state index in [2.05, 4.69) is 5.32 Å². The van der Waals surface area contributed by atoms with Crippen molar-refractivity contribution < 1.29 is 13.9 Å². The number of urea groups is 1. The summed E-state index contributed by atoms with van der Waals surface area (Å²) in [5, 5.41) is 2.78. The number of amides is 2. The Morgan fingerprint density at radius 1 is 1.25 bits per heavy atom. The van der Waals surface area contributed by atoms with Crippen molar-refractivity contribution >= 4 is 19.2 Å². The van der Waals surface area contributed by atoms with Crippen LogP contribution in [0.4, 0.5) is 4.79 Å². The smallest absolute Gasteiger partial charge is 0.311 e. The molecule has 0 saturated carbocycles. The first kappa shape index (κ1) is 14.8. The van der Waals surface area contributed by atoms with Gasteiger partial charge in [0.1, 0.15) is 0 Å². The summed E-state index contributed by atoms with van der Waals surface area (Å²) >= 11 is 0. The Hall–Kier alpha value is -1.58. The van der Waals surface area contributed by atoms with Gasteiger partial charge in [0.05, 0.1) is 12.3 Å². The second-order valence-corrected chi connectivity index (χ2v) is 6.57. The summed E-state index contributed by atoms with van der Waals surface area (Å²) in [5.41, 5.74) is 1.36. The van der Waals surface area contributed by atoms with Gasteiger partial charge in [0.25, 0.3) is 0 Å². The molecule has 0 aliphatic carbocycles. The first-order valence-electron chi connectivity index (χ1n) is 6.72. The number of benzene rings is 1. The molecule has 1 N–H and O–H groups in total. The van der Waals surface area contributed by atoms with Crippen LogP contribution in [0.25, 0.3) is 5.70 Å². The van der Waals surface area contributed by atoms with Crippen molar-refractivity contribution in [3.05, 3.63) is 41.7 Å². The van der Waals surface area contributed by atoms with E-state index < -0.39 is 7.52 Å². The van der Waals surface area contributed by atoms with E-state index in [1.165, 1.54) is 4.67 Å². The highest BCUT2D eigenvalue weighted by atomic mass is 31.2. The molecule has 0 bridgehead atoms. The van der Waals surface area contributed by atoms with Crippen LogP contribution in [-0.4, -0.2) is 23.9 Å². The van der Waals surface area contributed by atoms with E-state index in [-0.39, 0.29) is 6.03 Å². The van der Waals surface area contributed by atoms with Crippen molar-refractivity contribution in [2.75, 3.05) is 13.2 Å². The monoisotopic (exact) mass is 294 g/mol. The summed E-state index contributed by atoms with van der Waals surface area (Å²) < 4.78 is 19.6. The quantitative estimate of drug-likeness (QED) is 0.843. The molecule has 2 amide bonds. The van der Waals surface area contributed by atoms with E-state index in [1.807, 2.05) is 37.3 Å². The lowest BCUT2D eigenvalue weighted by Gasteiger charge is -2.33. The highest BCUT2D eigenvalue weighted by Gasteiger charge is 2.38. The third-order valence-corrected chi connectivity index (χ3v) is 5.21. The van der Waals surface area contributed by atoms with Crippen LogP contribution < -0.4 is 5.32 Å². The van der Waals surface area contributed by atoms with E-state index in [0.29, 0.717) is 18.8 Å². The van der Waals surface area contributed by atoms with E-state index in [0.717, 1.165) is 12.0 Å². The Balaban J connectivity index is 2.42. The van der Waals surface area contributed by atoms with Crippen molar-refractivity contribution in [1.82, 2.24) is 9.99 Å². The normalized spacial score (nSPS) is 22.4. The lowest BCUT2D eigenvalue weighted by atomic mass is 10.2. The largest absolute Gasteiger partial charge is 0.329 e. The molecule has 1 aromatic rings. The number of hydrogen-bond donors (Lipinski definition) is 1. The van der Waals surface area contributed by atoms with Crippen molar-refractivity contribution in [2.24, 2.45) is 0 Å². The summed E-state index contributed by atoms with van der Waals surface area (Å²) in [4.78, 5) is 12.2. The topological polar surface area (TPSA) is 58.6 Å². The number of rotatable bonds is 5. The molecule has 0 saturated heterocycles. The molecule has 0 fully saturated rings. The number of nitrogens with zero attached hydrogens (tertiary/aromatic N) is 1. The molecular weight excluding hydrogens is 275 g/mol. The highest BCUT2D eigenvalue weighted by Crippen LogP contribution is 2.55. The maximum absolute atomic E-state index is 12.9. The number of hydrogen-bond acceptors (Lipinski definition) is 3. The van der Waals surface area contributed by atoms with Gasteiger partial charge in [-0.05, 0) is 18.9 Å². The third kappa shape index (κ3) is 2.94. The fourth-order valence-electron chi connectivity index (χ4n) is 2.08. The van der Waals surface area contributed by atoms with Crippen molar-refractivity contribution in [1.29, 1.82) is 0 Å². The van der Waals surface area contributed by atoms with Crippen molar-refractivity contribution in [3.63, 3.8) is 0 Å². The lowest BCUT2D eigenvalue weighted by molar-refractivity contribution is 0.215. The molecule has 0 aromatic heterocycles. The molecular formula is C14H19N2O3P. The van der Waals surface area contributed by atoms with Gasteiger partial charge in [-0.1, -0.05) is 37.3 Å². The zero-order valence-electron chi connectivity index (χ0n) is 11.7. The molecule has 1 aliphatic rings. The van der Waals surface area contributed by atoms with E-state index >= 15 is 0 Å². The number of nitrogens with one attached hydrogen (secondary N) is 1. The predicted molar refractivity (Wildman–Crippen MR) is 79.2 cm³/mol. The van der Waals surface area contributed by atoms with Crippen LogP contribution in [0.15, 0.2) is 36.1 Å². The second kappa shape index (κ2) is 6.25. The van der Waals surface area contributed by atoms with Crippen molar-refractivity contribution in [3.8, 4) is 0 Å². The predicted octanol–water partition coefficient (Wildman–Crippen LogP) is 3.65. The SMILES string of the molecule is CCCN1C(=O)NC(c2ccccc2)=CP1(=O)OCC. The molecule has 1 unspecified atom stereocenters. The molecule has 108 valence electrons. The summed E-state index contributed by atoms with van der Waals surface area (Å²) in [7, 11) is -3.26. The number of carbonyl (C=O) groups is 1. The van der Waals surface area contributed by atoms with Crippen LogP contribution in [0.1, 0.15) is 25.8 Å². The van der Waals surface area contributed by atoms with Crippen molar-refractivity contribution in [2.45, 2.75) is 20.3 Å². The maximum atomic E-state index is 12.9. The van der Waals surface area contributed by atoms with E-state index in [9.17, 15) is 9.36 Å². The first-order chi connectivity index (χ1) is 9.60. The Morgan fingerprint density at radius 2 is 1.95 bits per heavy atom. The molecule has 1 heterocycles. The standard InChI is InChI=1S/C14H19N2O3P/c1-3-10-16-14(17)15-13(11-20(16,18)19-4-2)12-8-6-5-7-9-12/h5-9,11H,3-4,10H2,1-2H3,(H,15,17). The Bertz CT molecular complexity index is 557. The molecule has 0 radical (unpaired) electrons. The molecule has 1 atom stereocenters. The van der Waals surface area contributed by atoms with Crippen LogP contribution in [0.3, 0.4) is 0 Å². The molecule has 6 heteroatoms. The summed E-state index contributed by atoms with van der Waals surface area (Å²) in [5.74, 6) is 1.54. The molecule has 20 heavy (non-hydrogen) atoms. The maximum Gasteiger partial charge on any atom is 0.329 e. The average Bonchev–Trinajstić information content (AvgIpc) is 2.44. The summed E-state index contributed by atoms with van der Waals surface area (Å²) in [6, 6.07) is 8.97. The third-order valence-electron chi connectivity index (χ3n) is 2.94. The van der Waals surface area contributed by atoms with E-state index in [1.54, 1.807) is 12.7 Å². The fraction of sp³-hybridized carbons (Fsp3) is 0.357. The molecule has 0 spiro atoms. The lowest BCUT2D eigenvalue weighted by Crippen LogP contribution is -2.40. The van der Waals surface area contributed by atoms with Gasteiger partial charge in [0.15, 0.2) is 0 Å². The molecule has 2 rings (SSSR count). The van der Waals surface area contributed by atoms with Gasteiger partial charge in [-0.15, -0.1) is 0 Å². The van der Waals surface area contributed by atoms with Gasteiger partial charge in [-0.2, -0.15) is 0 Å². The van der Waals surface area contributed by atoms with Crippen LogP contribution in [0, 0.1) is 0 Å². The van der Waals surface area contributed by atoms with Gasteiger partial charge in [0, 0.05) is 12.4 Å². The van der Waals surface area contributed by atoms with Gasteiger partial charge in [0.2, 0.25) is 0 Å². The molecule has 1 aliphatic heterocycles. The van der Waals surface area contributed by atoms with Gasteiger partial charge in [-0.3, -0.25) is 9.24 Å². The molecule has 5 nitrogen and oxygen atoms in total. The zero-order chi connectivity index (χ0) is 14.6. The molecule has 1 aromatic carbocycles. The highest BCUT2D eigenvalue weighted by molar-refractivity contribution is 7.60. The Morgan fingerprint density at radius 3 is 2.55 bits per heavy atom. The van der Waals surface area contributed by atoms with Crippen LogP contribution in [0.5, 0.6) is 0 Å². The fourth-order valence-corrected chi connectivity index (χ4v) is 4.13. The second-order valence-electron chi connectivity index (χ2n) is 4.44. The van der Waals surface area contributed by atoms with Crippen LogP contribution in [0.2, 0.25) is 0 Å². The Labute approximate surface area is 119 Å².